The van der Waals surface area contributed by atoms with Gasteiger partial charge in [-0.1, -0.05) is 66.7 Å². The van der Waals surface area contributed by atoms with E-state index in [0.29, 0.717) is 54.1 Å². The van der Waals surface area contributed by atoms with Crippen LogP contribution in [0.2, 0.25) is 0 Å². The lowest BCUT2D eigenvalue weighted by Crippen LogP contribution is -2.44. The summed E-state index contributed by atoms with van der Waals surface area (Å²) in [5.41, 5.74) is 5.79. The SMILES string of the molecule is CCC12CCC(COc3ccc(S)cc3)(CC1)CC2.CCC12CCC(COc3ccc(S)cc3)(CC1)CC2.CCC12CCC(COc3ccc(S)cc3)(CC1)CC2.CCC12CCC(COc3ccc(S)cc3)(CC1)CC2.CCC12CCC(COc3ccc(S)cc3)(CC1)CC2.F.F.F.F.F. The topological polar surface area (TPSA) is 46.2 Å². The number of benzene rings is 5. The summed E-state index contributed by atoms with van der Waals surface area (Å²) in [6, 6.07) is 40.3. The van der Waals surface area contributed by atoms with Gasteiger partial charge in [-0.25, -0.2) is 0 Å². The highest BCUT2D eigenvalue weighted by atomic mass is 32.1. The van der Waals surface area contributed by atoms with Crippen LogP contribution in [0.5, 0.6) is 28.7 Å². The third-order valence-corrected chi connectivity index (χ3v) is 29.9. The van der Waals surface area contributed by atoms with Crippen LogP contribution in [0.3, 0.4) is 0 Å². The summed E-state index contributed by atoms with van der Waals surface area (Å²) in [7, 11) is 0. The van der Waals surface area contributed by atoms with Crippen LogP contribution in [0.25, 0.3) is 0 Å². The zero-order chi connectivity index (χ0) is 66.7. The number of halogens is 5. The highest BCUT2D eigenvalue weighted by Crippen LogP contribution is 2.63. The molecule has 0 aromatic heterocycles. The third-order valence-electron chi connectivity index (χ3n) is 28.4. The highest BCUT2D eigenvalue weighted by molar-refractivity contribution is 7.81. The summed E-state index contributed by atoms with van der Waals surface area (Å²) in [4.78, 5) is 4.97. The van der Waals surface area contributed by atoms with Crippen LogP contribution in [-0.2, 0) is 0 Å². The minimum Gasteiger partial charge on any atom is -0.493 e. The van der Waals surface area contributed by atoms with E-state index in [4.69, 9.17) is 23.7 Å². The molecule has 5 aromatic rings. The first-order valence-corrected chi connectivity index (χ1v) is 40.1. The van der Waals surface area contributed by atoms with E-state index in [1.54, 1.807) is 0 Å². The zero-order valence-corrected chi connectivity index (χ0v) is 65.6. The zero-order valence-electron chi connectivity index (χ0n) is 61.1. The van der Waals surface area contributed by atoms with Gasteiger partial charge >= 0.3 is 0 Å². The number of rotatable bonds is 20. The van der Waals surface area contributed by atoms with Gasteiger partial charge in [0.25, 0.3) is 0 Å². The molecule has 15 aliphatic carbocycles. The number of hydrogen-bond acceptors (Lipinski definition) is 10. The molecule has 0 amide bonds. The lowest BCUT2D eigenvalue weighted by atomic mass is 9.53. The normalized spacial score (nSPS) is 31.7. The van der Waals surface area contributed by atoms with Crippen LogP contribution in [0.1, 0.15) is 259 Å². The van der Waals surface area contributed by atoms with Crippen molar-refractivity contribution in [2.45, 2.75) is 284 Å². The van der Waals surface area contributed by atoms with Crippen LogP contribution < -0.4 is 23.7 Å². The molecule has 15 fully saturated rings. The molecule has 15 aliphatic rings. The molecule has 5 aromatic carbocycles. The Kier molecular flexibility index (Phi) is 31.7. The molecule has 20 rings (SSSR count). The standard InChI is InChI=1S/5C17H24OS.5FH/c5*1-2-16-7-10-17(11-8-16,12-9-16)13-18-14-3-5-15(19)6-4-14;;;;;/h5*3-6,19H,2,7-13H2,1H3;5*1H. The van der Waals surface area contributed by atoms with Gasteiger partial charge in [0, 0.05) is 51.6 Å². The molecule has 15 heteroatoms. The van der Waals surface area contributed by atoms with Gasteiger partial charge in [-0.05, 0) is 341 Å². The summed E-state index contributed by atoms with van der Waals surface area (Å²) in [6.07, 6.45) is 48.6. The Morgan fingerprint density at radius 3 is 0.390 bits per heavy atom. The van der Waals surface area contributed by atoms with Crippen molar-refractivity contribution in [3.8, 4) is 28.7 Å². The predicted octanol–water partition coefficient (Wildman–Crippen LogP) is 26.3. The minimum absolute atomic E-state index is 0. The largest absolute Gasteiger partial charge is 0.493 e. The summed E-state index contributed by atoms with van der Waals surface area (Å²) >= 11 is 21.5. The molecule has 0 spiro atoms. The van der Waals surface area contributed by atoms with Crippen LogP contribution in [0.15, 0.2) is 146 Å². The molecule has 0 N–H and O–H groups in total. The van der Waals surface area contributed by atoms with E-state index >= 15 is 0 Å². The second kappa shape index (κ2) is 37.2. The molecule has 0 atom stereocenters. The van der Waals surface area contributed by atoms with Gasteiger partial charge in [0.1, 0.15) is 28.7 Å². The Bertz CT molecular complexity index is 2590. The lowest BCUT2D eigenvalue weighted by molar-refractivity contribution is -0.0376. The van der Waals surface area contributed by atoms with E-state index < -0.39 is 0 Å². The van der Waals surface area contributed by atoms with Crippen molar-refractivity contribution < 1.29 is 47.2 Å². The van der Waals surface area contributed by atoms with Crippen molar-refractivity contribution in [1.29, 1.82) is 0 Å². The van der Waals surface area contributed by atoms with Crippen LogP contribution >= 0.6 is 63.1 Å². The second-order valence-corrected chi connectivity index (χ2v) is 35.8. The van der Waals surface area contributed by atoms with Crippen molar-refractivity contribution in [3.63, 3.8) is 0 Å². The van der Waals surface area contributed by atoms with Gasteiger partial charge in [-0.15, -0.1) is 63.1 Å². The molecule has 10 bridgehead atoms. The summed E-state index contributed by atoms with van der Waals surface area (Å²) in [6.45, 7) is 16.4. The highest BCUT2D eigenvalue weighted by Gasteiger charge is 2.52. The molecular formula is C85H125F5O5S5. The van der Waals surface area contributed by atoms with E-state index in [0.717, 1.165) is 86.3 Å². The number of thiol groups is 5. The Morgan fingerprint density at radius 1 is 0.190 bits per heavy atom. The Hall–Kier alpha value is -3.50. The Balaban J connectivity index is 0.000000194. The van der Waals surface area contributed by atoms with Crippen LogP contribution in [0.4, 0.5) is 23.5 Å². The predicted molar refractivity (Wildman–Crippen MR) is 423 cm³/mol. The van der Waals surface area contributed by atoms with Crippen molar-refractivity contribution in [2.24, 2.45) is 54.1 Å². The summed E-state index contributed by atoms with van der Waals surface area (Å²) in [5, 5.41) is 0. The van der Waals surface area contributed by atoms with Gasteiger partial charge in [-0.3, -0.25) is 23.5 Å². The van der Waals surface area contributed by atoms with E-state index in [1.165, 1.54) is 225 Å². The number of hydrogen-bond donors (Lipinski definition) is 5. The molecule has 0 heterocycles. The molecule has 0 saturated heterocycles. The average molecular weight is 1480 g/mol. The molecule has 0 aliphatic heterocycles. The molecule has 560 valence electrons. The quantitative estimate of drug-likeness (QED) is 0.0397. The molecular weight excluding hydrogens is 1360 g/mol. The molecule has 15 saturated carbocycles. The minimum atomic E-state index is 0. The fourth-order valence-corrected chi connectivity index (χ4v) is 20.1. The van der Waals surface area contributed by atoms with Gasteiger partial charge in [0.05, 0.1) is 33.0 Å². The van der Waals surface area contributed by atoms with Gasteiger partial charge in [0.2, 0.25) is 0 Å². The van der Waals surface area contributed by atoms with Crippen molar-refractivity contribution in [1.82, 2.24) is 0 Å². The number of ether oxygens (including phenoxy) is 5. The van der Waals surface area contributed by atoms with E-state index in [1.807, 2.05) is 121 Å². The maximum absolute atomic E-state index is 6.05. The molecule has 5 nitrogen and oxygen atoms in total. The first-order valence-electron chi connectivity index (χ1n) is 37.9. The third kappa shape index (κ3) is 21.4. The van der Waals surface area contributed by atoms with Crippen LogP contribution in [0, 0.1) is 54.1 Å². The first kappa shape index (κ1) is 85.4. The van der Waals surface area contributed by atoms with Gasteiger partial charge in [0.15, 0.2) is 0 Å². The smallest absolute Gasteiger partial charge is 0.119 e. The molecule has 0 unspecified atom stereocenters. The second-order valence-electron chi connectivity index (χ2n) is 33.2. The number of fused-ring (bicyclic) bond motifs is 15. The van der Waals surface area contributed by atoms with Crippen molar-refractivity contribution >= 4 is 63.1 Å². The molecule has 0 radical (unpaired) electrons. The van der Waals surface area contributed by atoms with Gasteiger partial charge < -0.3 is 23.7 Å². The van der Waals surface area contributed by atoms with E-state index in [-0.39, 0.29) is 23.5 Å². The van der Waals surface area contributed by atoms with E-state index in [2.05, 4.69) is 97.8 Å². The van der Waals surface area contributed by atoms with Gasteiger partial charge in [-0.2, -0.15) is 0 Å². The average Bonchev–Trinajstić information content (AvgIpc) is 0.799. The maximum Gasteiger partial charge on any atom is 0.119 e. The monoisotopic (exact) mass is 1480 g/mol. The Labute approximate surface area is 627 Å². The fraction of sp³-hybridized carbons (Fsp3) is 0.647. The summed E-state index contributed by atoms with van der Waals surface area (Å²) < 4.78 is 30.3. The Morgan fingerprint density at radius 2 is 0.290 bits per heavy atom. The van der Waals surface area contributed by atoms with E-state index in [9.17, 15) is 0 Å². The maximum atomic E-state index is 6.05. The lowest BCUT2D eigenvalue weighted by Gasteiger charge is -2.53. The van der Waals surface area contributed by atoms with Crippen molar-refractivity contribution in [2.75, 3.05) is 33.0 Å². The van der Waals surface area contributed by atoms with Crippen LogP contribution in [-0.4, -0.2) is 33.0 Å². The van der Waals surface area contributed by atoms with Crippen molar-refractivity contribution in [3.05, 3.63) is 121 Å². The first-order chi connectivity index (χ1) is 45.8. The fourth-order valence-electron chi connectivity index (χ4n) is 19.3. The summed E-state index contributed by atoms with van der Waals surface area (Å²) in [5.74, 6) is 4.95. The molecule has 100 heavy (non-hydrogen) atoms.